The van der Waals surface area contributed by atoms with Gasteiger partial charge in [0.2, 0.25) is 0 Å². The molecule has 19 heteroatoms. The molecule has 0 radical (unpaired) electrons. The van der Waals surface area contributed by atoms with Crippen molar-refractivity contribution in [2.24, 2.45) is 23.7 Å². The maximum Gasteiger partial charge on any atom is 0.472 e. The number of phosphoric acid groups is 2. The van der Waals surface area contributed by atoms with Gasteiger partial charge in [0.1, 0.15) is 19.3 Å². The molecule has 0 rings (SSSR count). The summed E-state index contributed by atoms with van der Waals surface area (Å²) in [6, 6.07) is 0. The summed E-state index contributed by atoms with van der Waals surface area (Å²) >= 11 is 0. The number of aliphatic hydroxyl groups excluding tert-OH is 1. The summed E-state index contributed by atoms with van der Waals surface area (Å²) < 4.78 is 68.3. The predicted octanol–water partition coefficient (Wildman–Crippen LogP) is 19.7. The lowest BCUT2D eigenvalue weighted by Crippen LogP contribution is -2.30. The number of carbonyl (C=O) groups excluding carboxylic acids is 4. The summed E-state index contributed by atoms with van der Waals surface area (Å²) in [5, 5.41) is 10.6. The van der Waals surface area contributed by atoms with Gasteiger partial charge in [-0.2, -0.15) is 0 Å². The quantitative estimate of drug-likeness (QED) is 0.0222. The van der Waals surface area contributed by atoms with Gasteiger partial charge in [-0.05, 0) is 49.4 Å². The monoisotopic (exact) mass is 1310 g/mol. The molecule has 4 unspecified atom stereocenters. The summed E-state index contributed by atoms with van der Waals surface area (Å²) in [6.45, 7) is 14.1. The van der Waals surface area contributed by atoms with Gasteiger partial charge in [-0.25, -0.2) is 9.13 Å². The molecule has 17 nitrogen and oxygen atoms in total. The first-order valence-electron chi connectivity index (χ1n) is 36.3. The number of hydrogen-bond donors (Lipinski definition) is 3. The van der Waals surface area contributed by atoms with E-state index in [1.54, 1.807) is 0 Å². The van der Waals surface area contributed by atoms with Crippen LogP contribution in [0.2, 0.25) is 0 Å². The molecule has 0 amide bonds. The maximum atomic E-state index is 13.0. The predicted molar refractivity (Wildman–Crippen MR) is 358 cm³/mol. The van der Waals surface area contributed by atoms with Crippen LogP contribution in [0, 0.1) is 23.7 Å². The lowest BCUT2D eigenvalue weighted by molar-refractivity contribution is -0.161. The lowest BCUT2D eigenvalue weighted by Gasteiger charge is -2.21. The van der Waals surface area contributed by atoms with E-state index in [0.717, 1.165) is 114 Å². The zero-order chi connectivity index (χ0) is 66.1. The van der Waals surface area contributed by atoms with Crippen LogP contribution in [-0.2, 0) is 65.4 Å². The number of rotatable bonds is 67. The van der Waals surface area contributed by atoms with E-state index in [1.807, 2.05) is 0 Å². The Morgan fingerprint density at radius 2 is 0.539 bits per heavy atom. The normalized spacial score (nSPS) is 14.9. The molecule has 0 aromatic rings. The van der Waals surface area contributed by atoms with E-state index >= 15 is 0 Å². The highest BCUT2D eigenvalue weighted by Crippen LogP contribution is 2.45. The van der Waals surface area contributed by atoms with E-state index in [-0.39, 0.29) is 25.7 Å². The molecule has 0 saturated carbocycles. The summed E-state index contributed by atoms with van der Waals surface area (Å²) in [6.07, 6.45) is 41.7. The van der Waals surface area contributed by atoms with E-state index in [4.69, 9.17) is 37.0 Å². The largest absolute Gasteiger partial charge is 0.472 e. The van der Waals surface area contributed by atoms with E-state index in [9.17, 15) is 43.2 Å². The molecular formula is C70H136O17P2. The van der Waals surface area contributed by atoms with Gasteiger partial charge in [-0.15, -0.1) is 0 Å². The Morgan fingerprint density at radius 3 is 0.798 bits per heavy atom. The zero-order valence-electron chi connectivity index (χ0n) is 58.1. The smallest absolute Gasteiger partial charge is 0.462 e. The van der Waals surface area contributed by atoms with Crippen molar-refractivity contribution < 1.29 is 80.2 Å². The van der Waals surface area contributed by atoms with Gasteiger partial charge in [-0.1, -0.05) is 293 Å². The molecule has 89 heavy (non-hydrogen) atoms. The Bertz CT molecular complexity index is 1770. The Labute approximate surface area is 543 Å². The van der Waals surface area contributed by atoms with Gasteiger partial charge in [0.05, 0.1) is 26.4 Å². The number of phosphoric ester groups is 2. The third kappa shape index (κ3) is 62.0. The molecule has 3 N–H and O–H groups in total. The van der Waals surface area contributed by atoms with Crippen molar-refractivity contribution in [1.82, 2.24) is 0 Å². The molecule has 0 fully saturated rings. The van der Waals surface area contributed by atoms with Gasteiger partial charge in [0.15, 0.2) is 12.2 Å². The Morgan fingerprint density at radius 1 is 0.315 bits per heavy atom. The van der Waals surface area contributed by atoms with Gasteiger partial charge in [0.25, 0.3) is 0 Å². The minimum atomic E-state index is -4.95. The average Bonchev–Trinajstić information content (AvgIpc) is 3.70. The molecule has 0 aliphatic rings. The Hall–Kier alpha value is -1.94. The second-order valence-corrected chi connectivity index (χ2v) is 29.6. The van der Waals surface area contributed by atoms with Crippen molar-refractivity contribution in [1.29, 1.82) is 0 Å². The standard InChI is InChI=1S/C70H136O17P2/c1-9-62(7)48-40-32-24-18-15-16-20-26-36-44-52-69(74)86-66(57-81-68(73)51-43-35-29-28-33-41-49-63(8)10-2)59-85-89(78,79)83-55-64(71)54-82-88(76,77)84-58-65(87-70(75)53-45-37-27-21-23-31-39-47-61(5)6)56-80-67(72)50-42-34-25-19-14-12-11-13-17-22-30-38-46-60(3)4/h60-66,71H,9-59H2,1-8H3,(H,76,77)(H,78,79)/t62?,63?,64-,65-,66-/m1/s1. The first kappa shape index (κ1) is 87.1. The van der Waals surface area contributed by atoms with Crippen LogP contribution in [-0.4, -0.2) is 96.7 Å². The highest BCUT2D eigenvalue weighted by atomic mass is 31.2. The molecule has 0 aliphatic heterocycles. The van der Waals surface area contributed by atoms with Crippen LogP contribution in [0.1, 0.15) is 344 Å². The Balaban J connectivity index is 5.24. The van der Waals surface area contributed by atoms with Gasteiger partial charge >= 0.3 is 39.5 Å². The fraction of sp³-hybridized carbons (Fsp3) is 0.943. The summed E-state index contributed by atoms with van der Waals surface area (Å²) in [7, 11) is -9.90. The fourth-order valence-corrected chi connectivity index (χ4v) is 12.0. The third-order valence-electron chi connectivity index (χ3n) is 16.8. The summed E-state index contributed by atoms with van der Waals surface area (Å²) in [5.74, 6) is 0.879. The molecule has 0 aromatic carbocycles. The third-order valence-corrected chi connectivity index (χ3v) is 18.7. The van der Waals surface area contributed by atoms with E-state index < -0.39 is 97.5 Å². The molecule has 0 aliphatic carbocycles. The van der Waals surface area contributed by atoms with Gasteiger partial charge < -0.3 is 33.8 Å². The highest BCUT2D eigenvalue weighted by molar-refractivity contribution is 7.47. The number of esters is 4. The number of carbonyl (C=O) groups is 4. The Kier molecular flexibility index (Phi) is 58.5. The van der Waals surface area contributed by atoms with Gasteiger partial charge in [0, 0.05) is 25.7 Å². The maximum absolute atomic E-state index is 13.0. The van der Waals surface area contributed by atoms with E-state index in [1.165, 1.54) is 141 Å². The average molecular weight is 1310 g/mol. The van der Waals surface area contributed by atoms with Crippen LogP contribution in [0.3, 0.4) is 0 Å². The first-order chi connectivity index (χ1) is 42.7. The van der Waals surface area contributed by atoms with E-state index in [2.05, 4.69) is 55.4 Å². The zero-order valence-corrected chi connectivity index (χ0v) is 59.8. The molecule has 0 heterocycles. The van der Waals surface area contributed by atoms with Crippen LogP contribution in [0.25, 0.3) is 0 Å². The minimum absolute atomic E-state index is 0.103. The lowest BCUT2D eigenvalue weighted by atomic mass is 9.99. The van der Waals surface area contributed by atoms with E-state index in [0.29, 0.717) is 31.6 Å². The number of unbranched alkanes of at least 4 members (excludes halogenated alkanes) is 31. The number of ether oxygens (including phenoxy) is 4. The fourth-order valence-electron chi connectivity index (χ4n) is 10.4. The van der Waals surface area contributed by atoms with Crippen molar-refractivity contribution in [3.05, 3.63) is 0 Å². The van der Waals surface area contributed by atoms with Crippen molar-refractivity contribution in [3.63, 3.8) is 0 Å². The van der Waals surface area contributed by atoms with Crippen LogP contribution in [0.5, 0.6) is 0 Å². The topological polar surface area (TPSA) is 237 Å². The van der Waals surface area contributed by atoms with Crippen LogP contribution in [0.4, 0.5) is 0 Å². The molecular weight excluding hydrogens is 1170 g/mol. The molecule has 0 aromatic heterocycles. The van der Waals surface area contributed by atoms with Crippen molar-refractivity contribution in [2.75, 3.05) is 39.6 Å². The molecule has 7 atom stereocenters. The summed E-state index contributed by atoms with van der Waals surface area (Å²) in [4.78, 5) is 72.5. The van der Waals surface area contributed by atoms with Crippen molar-refractivity contribution in [2.45, 2.75) is 363 Å². The highest BCUT2D eigenvalue weighted by Gasteiger charge is 2.30. The molecule has 0 saturated heterocycles. The molecule has 0 spiro atoms. The molecule has 0 bridgehead atoms. The summed E-state index contributed by atoms with van der Waals surface area (Å²) in [5.41, 5.74) is 0. The SMILES string of the molecule is CCC(C)CCCCCCCCCCCCC(=O)O[C@H](COC(=O)CCCCCCCCC(C)CC)COP(=O)(O)OC[C@H](O)COP(=O)(O)OC[C@@H](COC(=O)CCCCCCCCCCCCCCC(C)C)OC(=O)CCCCCCCCCC(C)C. The second kappa shape index (κ2) is 59.8. The number of hydrogen-bond acceptors (Lipinski definition) is 15. The van der Waals surface area contributed by atoms with Gasteiger partial charge in [-0.3, -0.25) is 37.3 Å². The second-order valence-electron chi connectivity index (χ2n) is 26.7. The van der Waals surface area contributed by atoms with Crippen molar-refractivity contribution in [3.8, 4) is 0 Å². The van der Waals surface area contributed by atoms with Crippen LogP contribution in [0.15, 0.2) is 0 Å². The molecule has 528 valence electrons. The van der Waals surface area contributed by atoms with Crippen LogP contribution < -0.4 is 0 Å². The van der Waals surface area contributed by atoms with Crippen LogP contribution >= 0.6 is 15.6 Å². The number of aliphatic hydroxyl groups is 1. The van der Waals surface area contributed by atoms with Crippen molar-refractivity contribution >= 4 is 39.5 Å². The minimum Gasteiger partial charge on any atom is -0.462 e. The first-order valence-corrected chi connectivity index (χ1v) is 39.3.